The number of thiazole rings is 1. The number of alkyl halides is 3. The number of carbonyl (C=O) groups is 1. The molecule has 4 aromatic rings. The van der Waals surface area contributed by atoms with Crippen LogP contribution in [0.2, 0.25) is 0 Å². The Labute approximate surface area is 170 Å². The molecule has 0 spiro atoms. The van der Waals surface area contributed by atoms with Gasteiger partial charge in [-0.2, -0.15) is 18.3 Å². The summed E-state index contributed by atoms with van der Waals surface area (Å²) >= 11 is 2.68. The minimum Gasteiger partial charge on any atom is -0.323 e. The monoisotopic (exact) mass is 435 g/mol. The summed E-state index contributed by atoms with van der Waals surface area (Å²) in [6.45, 7) is 0. The Kier molecular flexibility index (Phi) is 5.24. The van der Waals surface area contributed by atoms with Crippen molar-refractivity contribution in [1.29, 1.82) is 0 Å². The minimum absolute atomic E-state index is 0.000208. The van der Waals surface area contributed by atoms with Crippen molar-refractivity contribution >= 4 is 44.9 Å². The molecule has 4 rings (SSSR count). The van der Waals surface area contributed by atoms with E-state index in [0.717, 1.165) is 22.3 Å². The highest BCUT2D eigenvalue weighted by Gasteiger charge is 2.31. The molecule has 1 N–H and O–H groups in total. The first-order valence-electron chi connectivity index (χ1n) is 8.24. The van der Waals surface area contributed by atoms with E-state index in [-0.39, 0.29) is 17.1 Å². The Morgan fingerprint density at radius 3 is 2.76 bits per heavy atom. The molecule has 0 unspecified atom stereocenters. The average Bonchev–Trinajstić information content (AvgIpc) is 3.35. The van der Waals surface area contributed by atoms with E-state index in [1.165, 1.54) is 46.5 Å². The molecule has 11 heteroatoms. The number of amides is 1. The lowest BCUT2D eigenvalue weighted by molar-refractivity contribution is -0.137. The molecule has 0 aliphatic rings. The molecule has 0 atom stereocenters. The molecule has 0 saturated heterocycles. The summed E-state index contributed by atoms with van der Waals surface area (Å²) in [5.74, 6) is -0.442. The predicted molar refractivity (Wildman–Crippen MR) is 105 cm³/mol. The zero-order valence-corrected chi connectivity index (χ0v) is 16.2. The quantitative estimate of drug-likeness (QED) is 0.463. The summed E-state index contributed by atoms with van der Waals surface area (Å²) in [6.07, 6.45) is -1.93. The van der Waals surface area contributed by atoms with Gasteiger partial charge in [0.25, 0.3) is 0 Å². The summed E-state index contributed by atoms with van der Waals surface area (Å²) in [7, 11) is 0. The van der Waals surface area contributed by atoms with E-state index in [9.17, 15) is 18.0 Å². The molecule has 0 saturated carbocycles. The minimum atomic E-state index is -4.53. The van der Waals surface area contributed by atoms with E-state index in [0.29, 0.717) is 4.34 Å². The summed E-state index contributed by atoms with van der Waals surface area (Å²) in [4.78, 5) is 20.6. The number of thioether (sulfide) groups is 1. The summed E-state index contributed by atoms with van der Waals surface area (Å²) in [6, 6.07) is 10.7. The number of hydrogen-bond donors (Lipinski definition) is 1. The second-order valence-corrected chi connectivity index (χ2v) is 8.11. The van der Waals surface area contributed by atoms with Crippen molar-refractivity contribution < 1.29 is 18.0 Å². The van der Waals surface area contributed by atoms with Gasteiger partial charge >= 0.3 is 6.18 Å². The number of aromatic nitrogens is 4. The maximum absolute atomic E-state index is 13.1. The number of para-hydroxylation sites is 1. The van der Waals surface area contributed by atoms with Gasteiger partial charge in [-0.05, 0) is 30.3 Å². The Morgan fingerprint density at radius 2 is 2.03 bits per heavy atom. The number of rotatable bonds is 5. The van der Waals surface area contributed by atoms with Crippen molar-refractivity contribution in [2.45, 2.75) is 10.5 Å². The van der Waals surface area contributed by atoms with Crippen LogP contribution in [0.3, 0.4) is 0 Å². The lowest BCUT2D eigenvalue weighted by atomic mass is 10.1. The van der Waals surface area contributed by atoms with E-state index < -0.39 is 17.6 Å². The van der Waals surface area contributed by atoms with Gasteiger partial charge in [0, 0.05) is 0 Å². The first kappa shape index (κ1) is 19.4. The number of hydrogen-bond acceptors (Lipinski definition) is 6. The van der Waals surface area contributed by atoms with Crippen LogP contribution in [0.4, 0.5) is 18.9 Å². The highest BCUT2D eigenvalue weighted by atomic mass is 32.2. The predicted octanol–water partition coefficient (Wildman–Crippen LogP) is 4.63. The van der Waals surface area contributed by atoms with Crippen LogP contribution >= 0.6 is 23.1 Å². The molecular formula is C18H12F3N5OS2. The third kappa shape index (κ3) is 4.40. The summed E-state index contributed by atoms with van der Waals surface area (Å²) in [5.41, 5.74) is 0.260. The van der Waals surface area contributed by atoms with Crippen LogP contribution in [0.5, 0.6) is 0 Å². The van der Waals surface area contributed by atoms with Gasteiger partial charge in [0.05, 0.1) is 32.9 Å². The third-order valence-corrected chi connectivity index (χ3v) is 6.04. The Morgan fingerprint density at radius 1 is 1.21 bits per heavy atom. The van der Waals surface area contributed by atoms with Crippen molar-refractivity contribution in [3.8, 4) is 5.69 Å². The fourth-order valence-corrected chi connectivity index (χ4v) is 4.44. The first-order chi connectivity index (χ1) is 13.9. The molecule has 1 amide bonds. The molecule has 148 valence electrons. The number of anilines is 1. The Hall–Kier alpha value is -2.92. The normalized spacial score (nSPS) is 11.7. The van der Waals surface area contributed by atoms with E-state index in [1.807, 2.05) is 24.3 Å². The number of nitrogens with one attached hydrogen (secondary N) is 1. The molecule has 0 radical (unpaired) electrons. The van der Waals surface area contributed by atoms with Crippen molar-refractivity contribution in [2.24, 2.45) is 0 Å². The van der Waals surface area contributed by atoms with Crippen LogP contribution in [-0.2, 0) is 11.0 Å². The molecule has 0 aliphatic heterocycles. The molecule has 2 aromatic carbocycles. The highest BCUT2D eigenvalue weighted by Crippen LogP contribution is 2.34. The second-order valence-electron chi connectivity index (χ2n) is 5.85. The van der Waals surface area contributed by atoms with E-state index in [2.05, 4.69) is 20.4 Å². The standard InChI is InChI=1S/C18H12F3N5OS2/c19-18(20,21)11-5-6-14(26-10-22-9-23-26)13(7-11)24-16(27)8-28-17-25-12-3-1-2-4-15(12)29-17/h1-7,9-10H,8H2,(H,24,27). The molecule has 0 fully saturated rings. The number of halogens is 3. The fourth-order valence-electron chi connectivity index (χ4n) is 2.57. The number of benzene rings is 2. The number of carbonyl (C=O) groups excluding carboxylic acids is 1. The van der Waals surface area contributed by atoms with Crippen LogP contribution in [0.15, 0.2) is 59.5 Å². The van der Waals surface area contributed by atoms with E-state index in [1.54, 1.807) is 0 Å². The van der Waals surface area contributed by atoms with Gasteiger partial charge in [-0.15, -0.1) is 11.3 Å². The average molecular weight is 435 g/mol. The van der Waals surface area contributed by atoms with Crippen molar-refractivity contribution in [3.63, 3.8) is 0 Å². The van der Waals surface area contributed by atoms with Crippen molar-refractivity contribution in [3.05, 3.63) is 60.7 Å². The molecule has 0 bridgehead atoms. The smallest absolute Gasteiger partial charge is 0.323 e. The number of nitrogens with zero attached hydrogens (tertiary/aromatic N) is 4. The van der Waals surface area contributed by atoms with Crippen LogP contribution in [0, 0.1) is 0 Å². The molecule has 2 heterocycles. The fraction of sp³-hybridized carbons (Fsp3) is 0.111. The topological polar surface area (TPSA) is 72.7 Å². The molecule has 29 heavy (non-hydrogen) atoms. The molecule has 2 aromatic heterocycles. The second kappa shape index (κ2) is 7.84. The zero-order valence-electron chi connectivity index (χ0n) is 14.6. The maximum atomic E-state index is 13.1. The first-order valence-corrected chi connectivity index (χ1v) is 10.0. The zero-order chi connectivity index (χ0) is 20.4. The summed E-state index contributed by atoms with van der Waals surface area (Å²) < 4.78 is 42.3. The summed E-state index contributed by atoms with van der Waals surface area (Å²) in [5, 5.41) is 6.47. The lowest BCUT2D eigenvalue weighted by Crippen LogP contribution is -2.17. The van der Waals surface area contributed by atoms with Gasteiger partial charge in [-0.1, -0.05) is 23.9 Å². The van der Waals surface area contributed by atoms with Gasteiger partial charge in [0.2, 0.25) is 5.91 Å². The van der Waals surface area contributed by atoms with E-state index >= 15 is 0 Å². The van der Waals surface area contributed by atoms with Crippen LogP contribution < -0.4 is 5.32 Å². The van der Waals surface area contributed by atoms with Gasteiger partial charge < -0.3 is 5.32 Å². The lowest BCUT2D eigenvalue weighted by Gasteiger charge is -2.14. The maximum Gasteiger partial charge on any atom is 0.416 e. The van der Waals surface area contributed by atoms with Crippen LogP contribution in [0.25, 0.3) is 15.9 Å². The third-order valence-electron chi connectivity index (χ3n) is 3.86. The SMILES string of the molecule is O=C(CSc1nc2ccccc2s1)Nc1cc(C(F)(F)F)ccc1-n1cncn1. The van der Waals surface area contributed by atoms with Gasteiger partial charge in [-0.25, -0.2) is 14.6 Å². The Bertz CT molecular complexity index is 1120. The van der Waals surface area contributed by atoms with Crippen molar-refractivity contribution in [1.82, 2.24) is 19.7 Å². The molecule has 6 nitrogen and oxygen atoms in total. The van der Waals surface area contributed by atoms with Crippen LogP contribution in [-0.4, -0.2) is 31.4 Å². The van der Waals surface area contributed by atoms with Crippen molar-refractivity contribution in [2.75, 3.05) is 11.1 Å². The number of fused-ring (bicyclic) bond motifs is 1. The largest absolute Gasteiger partial charge is 0.416 e. The molecular weight excluding hydrogens is 423 g/mol. The Balaban J connectivity index is 1.53. The molecule has 0 aliphatic carbocycles. The van der Waals surface area contributed by atoms with Crippen LogP contribution in [0.1, 0.15) is 5.56 Å². The highest BCUT2D eigenvalue weighted by molar-refractivity contribution is 8.01. The van der Waals surface area contributed by atoms with Gasteiger partial charge in [-0.3, -0.25) is 4.79 Å². The van der Waals surface area contributed by atoms with Gasteiger partial charge in [0.15, 0.2) is 4.34 Å². The van der Waals surface area contributed by atoms with E-state index in [4.69, 9.17) is 0 Å². The van der Waals surface area contributed by atoms with Gasteiger partial charge in [0.1, 0.15) is 12.7 Å².